The van der Waals surface area contributed by atoms with Crippen molar-refractivity contribution in [2.45, 2.75) is 32.7 Å². The molecule has 0 spiro atoms. The summed E-state index contributed by atoms with van der Waals surface area (Å²) in [6.07, 6.45) is 0. The predicted molar refractivity (Wildman–Crippen MR) is 91.5 cm³/mol. The molecule has 0 aliphatic carbocycles. The third kappa shape index (κ3) is 3.18. The highest BCUT2D eigenvalue weighted by Crippen LogP contribution is 2.42. The smallest absolute Gasteiger partial charge is 0.247 e. The van der Waals surface area contributed by atoms with Gasteiger partial charge in [-0.05, 0) is 11.0 Å². The number of hydrogen-bond donors (Lipinski definition) is 0. The van der Waals surface area contributed by atoms with Crippen molar-refractivity contribution in [3.8, 4) is 0 Å². The van der Waals surface area contributed by atoms with Gasteiger partial charge in [0.2, 0.25) is 11.8 Å². The van der Waals surface area contributed by atoms with Crippen LogP contribution in [0.4, 0.5) is 0 Å². The average Bonchev–Trinajstić information content (AvgIpc) is 2.90. The van der Waals surface area contributed by atoms with Crippen LogP contribution in [0.5, 0.6) is 0 Å². The number of hydrogen-bond acceptors (Lipinski definition) is 3. The van der Waals surface area contributed by atoms with Crippen molar-refractivity contribution in [2.75, 3.05) is 32.8 Å². The Morgan fingerprint density at radius 1 is 1.21 bits per heavy atom. The lowest BCUT2D eigenvalue weighted by atomic mass is 9.78. The molecule has 2 aliphatic heterocycles. The molecule has 2 heterocycles. The first-order valence-electron chi connectivity index (χ1n) is 8.59. The van der Waals surface area contributed by atoms with Crippen LogP contribution in [-0.4, -0.2) is 60.5 Å². The zero-order valence-corrected chi connectivity index (χ0v) is 14.7. The van der Waals surface area contributed by atoms with Crippen LogP contribution in [0.25, 0.3) is 0 Å². The first-order valence-corrected chi connectivity index (χ1v) is 8.59. The summed E-state index contributed by atoms with van der Waals surface area (Å²) in [4.78, 5) is 28.4. The van der Waals surface area contributed by atoms with E-state index in [1.807, 2.05) is 23.1 Å². The molecule has 5 heteroatoms. The van der Waals surface area contributed by atoms with E-state index in [2.05, 4.69) is 26.0 Å². The van der Waals surface area contributed by atoms with Gasteiger partial charge in [0.05, 0.1) is 13.2 Å². The molecule has 5 nitrogen and oxygen atoms in total. The Morgan fingerprint density at radius 2 is 1.92 bits per heavy atom. The van der Waals surface area contributed by atoms with Crippen molar-refractivity contribution < 1.29 is 14.3 Å². The van der Waals surface area contributed by atoms with Gasteiger partial charge in [-0.2, -0.15) is 0 Å². The normalized spacial score (nSPS) is 26.5. The summed E-state index contributed by atoms with van der Waals surface area (Å²) in [5, 5.41) is 0. The maximum atomic E-state index is 13.0. The van der Waals surface area contributed by atoms with Crippen LogP contribution in [0, 0.1) is 5.41 Å². The van der Waals surface area contributed by atoms with E-state index >= 15 is 0 Å². The number of likely N-dealkylation sites (tertiary alicyclic amines) is 1. The largest absolute Gasteiger partial charge is 0.377 e. The molecule has 0 radical (unpaired) electrons. The Morgan fingerprint density at radius 3 is 2.58 bits per heavy atom. The average molecular weight is 330 g/mol. The fraction of sp³-hybridized carbons (Fsp3) is 0.579. The monoisotopic (exact) mass is 330 g/mol. The van der Waals surface area contributed by atoms with Gasteiger partial charge in [-0.3, -0.25) is 9.59 Å². The molecule has 2 aliphatic rings. The van der Waals surface area contributed by atoms with Crippen LogP contribution in [-0.2, 0) is 14.3 Å². The molecular formula is C19H26N2O3. The number of benzene rings is 1. The van der Waals surface area contributed by atoms with Crippen LogP contribution in [0.1, 0.15) is 32.3 Å². The molecule has 1 aromatic rings. The van der Waals surface area contributed by atoms with Gasteiger partial charge in [0.1, 0.15) is 6.04 Å². The molecule has 2 saturated heterocycles. The zero-order valence-electron chi connectivity index (χ0n) is 14.7. The van der Waals surface area contributed by atoms with Crippen LogP contribution >= 0.6 is 0 Å². The number of ether oxygens (including phenoxy) is 1. The van der Waals surface area contributed by atoms with E-state index in [0.717, 1.165) is 0 Å². The highest BCUT2D eigenvalue weighted by Gasteiger charge is 2.44. The van der Waals surface area contributed by atoms with Gasteiger partial charge in [0.15, 0.2) is 0 Å². The third-order valence-corrected chi connectivity index (χ3v) is 5.28. The molecule has 0 saturated carbocycles. The molecule has 2 amide bonds. The summed E-state index contributed by atoms with van der Waals surface area (Å²) in [5.41, 5.74) is 1.27. The highest BCUT2D eigenvalue weighted by molar-refractivity contribution is 5.87. The minimum atomic E-state index is -0.485. The molecule has 0 bridgehead atoms. The number of morpholine rings is 1. The maximum absolute atomic E-state index is 13.0. The minimum absolute atomic E-state index is 0.00753. The van der Waals surface area contributed by atoms with Gasteiger partial charge in [-0.15, -0.1) is 0 Å². The quantitative estimate of drug-likeness (QED) is 0.832. The second kappa shape index (κ2) is 6.55. The molecule has 2 fully saturated rings. The fourth-order valence-corrected chi connectivity index (χ4v) is 3.94. The van der Waals surface area contributed by atoms with Crippen molar-refractivity contribution in [1.29, 1.82) is 0 Å². The highest BCUT2D eigenvalue weighted by atomic mass is 16.5. The van der Waals surface area contributed by atoms with Crippen molar-refractivity contribution in [2.24, 2.45) is 5.41 Å². The summed E-state index contributed by atoms with van der Waals surface area (Å²) in [6, 6.07) is 9.88. The second-order valence-electron chi connectivity index (χ2n) is 7.47. The lowest BCUT2D eigenvalue weighted by Crippen LogP contribution is -2.56. The molecular weight excluding hydrogens is 304 g/mol. The summed E-state index contributed by atoms with van der Waals surface area (Å²) < 4.78 is 5.47. The third-order valence-electron chi connectivity index (χ3n) is 5.28. The summed E-state index contributed by atoms with van der Waals surface area (Å²) >= 11 is 0. The van der Waals surface area contributed by atoms with E-state index in [0.29, 0.717) is 38.8 Å². The van der Waals surface area contributed by atoms with E-state index in [9.17, 15) is 9.59 Å². The Labute approximate surface area is 143 Å². The molecule has 0 N–H and O–H groups in total. The standard InChI is InChI=1S/C19H26N2O3/c1-14(22)21-9-10-24-12-17(21)18(23)20-11-16(19(2,3)13-20)15-7-5-4-6-8-15/h4-8,16-17H,9-13H2,1-3H3/t16-,17+/m0/s1. The number of nitrogens with zero attached hydrogens (tertiary/aromatic N) is 2. The van der Waals surface area contributed by atoms with Gasteiger partial charge in [-0.1, -0.05) is 44.2 Å². The molecule has 3 rings (SSSR count). The van der Waals surface area contributed by atoms with Crippen molar-refractivity contribution >= 4 is 11.8 Å². The molecule has 0 aromatic heterocycles. The van der Waals surface area contributed by atoms with Crippen molar-refractivity contribution in [3.05, 3.63) is 35.9 Å². The van der Waals surface area contributed by atoms with Gasteiger partial charge in [-0.25, -0.2) is 0 Å². The summed E-state index contributed by atoms with van der Waals surface area (Å²) in [6.45, 7) is 8.62. The van der Waals surface area contributed by atoms with E-state index in [1.54, 1.807) is 4.90 Å². The Kier molecular flexibility index (Phi) is 4.63. The van der Waals surface area contributed by atoms with Crippen LogP contribution in [0.2, 0.25) is 0 Å². The van der Waals surface area contributed by atoms with Crippen LogP contribution < -0.4 is 0 Å². The van der Waals surface area contributed by atoms with Gasteiger partial charge in [0, 0.05) is 32.5 Å². The van der Waals surface area contributed by atoms with E-state index < -0.39 is 6.04 Å². The maximum Gasteiger partial charge on any atom is 0.247 e. The molecule has 24 heavy (non-hydrogen) atoms. The number of carbonyl (C=O) groups excluding carboxylic acids is 2. The topological polar surface area (TPSA) is 49.9 Å². The molecule has 0 unspecified atom stereocenters. The van der Waals surface area contributed by atoms with Crippen LogP contribution in [0.15, 0.2) is 30.3 Å². The second-order valence-corrected chi connectivity index (χ2v) is 7.47. The molecule has 1 aromatic carbocycles. The Bertz CT molecular complexity index is 614. The van der Waals surface area contributed by atoms with E-state index in [1.165, 1.54) is 12.5 Å². The first-order chi connectivity index (χ1) is 11.4. The van der Waals surface area contributed by atoms with Crippen molar-refractivity contribution in [3.63, 3.8) is 0 Å². The van der Waals surface area contributed by atoms with Gasteiger partial charge >= 0.3 is 0 Å². The van der Waals surface area contributed by atoms with Crippen LogP contribution in [0.3, 0.4) is 0 Å². The first kappa shape index (κ1) is 17.0. The molecule has 2 atom stereocenters. The number of carbonyl (C=O) groups is 2. The summed E-state index contributed by atoms with van der Waals surface area (Å²) in [7, 11) is 0. The minimum Gasteiger partial charge on any atom is -0.377 e. The zero-order chi connectivity index (χ0) is 17.3. The molecule has 130 valence electrons. The van der Waals surface area contributed by atoms with E-state index in [4.69, 9.17) is 4.74 Å². The van der Waals surface area contributed by atoms with Crippen molar-refractivity contribution in [1.82, 2.24) is 9.80 Å². The number of amides is 2. The Balaban J connectivity index is 1.78. The van der Waals surface area contributed by atoms with Gasteiger partial charge in [0.25, 0.3) is 0 Å². The van der Waals surface area contributed by atoms with Gasteiger partial charge < -0.3 is 14.5 Å². The number of rotatable bonds is 2. The summed E-state index contributed by atoms with van der Waals surface area (Å²) in [5.74, 6) is 0.254. The van der Waals surface area contributed by atoms with E-state index in [-0.39, 0.29) is 17.2 Å². The predicted octanol–water partition coefficient (Wildman–Crippen LogP) is 1.89. The fourth-order valence-electron chi connectivity index (χ4n) is 3.94. The SMILES string of the molecule is CC(=O)N1CCOC[C@@H]1C(=O)N1C[C@@H](c2ccccc2)C(C)(C)C1. The lowest BCUT2D eigenvalue weighted by molar-refractivity contribution is -0.152. The Hall–Kier alpha value is -1.88. The lowest BCUT2D eigenvalue weighted by Gasteiger charge is -2.36.